The van der Waals surface area contributed by atoms with Gasteiger partial charge in [0, 0.05) is 18.3 Å². The molecule has 3 rings (SSSR count). The van der Waals surface area contributed by atoms with Gasteiger partial charge in [0.15, 0.2) is 0 Å². The smallest absolute Gasteiger partial charge is 0.339 e. The molecular formula is C15H18N2O4. The Hall–Kier alpha value is -2.11. The number of carbonyl (C=O) groups excluding carboxylic acids is 1. The van der Waals surface area contributed by atoms with E-state index in [0.717, 1.165) is 18.7 Å². The van der Waals surface area contributed by atoms with E-state index >= 15 is 0 Å². The van der Waals surface area contributed by atoms with E-state index in [1.165, 1.54) is 6.20 Å². The first-order chi connectivity index (χ1) is 10.1. The molecule has 2 fully saturated rings. The zero-order valence-corrected chi connectivity index (χ0v) is 11.9. The highest BCUT2D eigenvalue weighted by Gasteiger charge is 2.49. The van der Waals surface area contributed by atoms with E-state index < -0.39 is 5.97 Å². The fourth-order valence-corrected chi connectivity index (χ4v) is 3.49. The van der Waals surface area contributed by atoms with Gasteiger partial charge < -0.3 is 14.7 Å². The first-order valence-electron chi connectivity index (χ1n) is 7.26. The van der Waals surface area contributed by atoms with Crippen molar-refractivity contribution in [1.82, 2.24) is 4.98 Å². The maximum atomic E-state index is 11.6. The van der Waals surface area contributed by atoms with Gasteiger partial charge in [0.1, 0.15) is 5.82 Å². The Bertz CT molecular complexity index is 557. The van der Waals surface area contributed by atoms with Crippen molar-refractivity contribution >= 4 is 17.8 Å². The van der Waals surface area contributed by atoms with Crippen molar-refractivity contribution in [3.05, 3.63) is 23.9 Å². The lowest BCUT2D eigenvalue weighted by atomic mass is 9.89. The summed E-state index contributed by atoms with van der Waals surface area (Å²) in [6.07, 6.45) is 4.08. The SMILES string of the molecule is CCOC(=O)c1ccc(N2C3CCC2C(C(=O)O)C3)nc1. The highest BCUT2D eigenvalue weighted by molar-refractivity contribution is 5.89. The van der Waals surface area contributed by atoms with Gasteiger partial charge in [-0.25, -0.2) is 9.78 Å². The van der Waals surface area contributed by atoms with Gasteiger partial charge in [-0.3, -0.25) is 4.79 Å². The van der Waals surface area contributed by atoms with E-state index in [2.05, 4.69) is 9.88 Å². The number of anilines is 1. The number of ether oxygens (including phenoxy) is 1. The lowest BCUT2D eigenvalue weighted by Crippen LogP contribution is -2.33. The Balaban J connectivity index is 1.79. The molecule has 2 aliphatic heterocycles. The van der Waals surface area contributed by atoms with Crippen LogP contribution in [0.5, 0.6) is 0 Å². The van der Waals surface area contributed by atoms with Crippen LogP contribution in [0.15, 0.2) is 18.3 Å². The van der Waals surface area contributed by atoms with Crippen molar-refractivity contribution in [1.29, 1.82) is 0 Å². The van der Waals surface area contributed by atoms with Crippen LogP contribution in [0.25, 0.3) is 0 Å². The third-order valence-corrected chi connectivity index (χ3v) is 4.38. The molecule has 3 unspecified atom stereocenters. The molecule has 2 aliphatic rings. The second-order valence-corrected chi connectivity index (χ2v) is 5.51. The Morgan fingerprint density at radius 1 is 1.43 bits per heavy atom. The number of hydrogen-bond acceptors (Lipinski definition) is 5. The van der Waals surface area contributed by atoms with Gasteiger partial charge in [-0.2, -0.15) is 0 Å². The second-order valence-electron chi connectivity index (χ2n) is 5.51. The van der Waals surface area contributed by atoms with E-state index in [1.807, 2.05) is 0 Å². The van der Waals surface area contributed by atoms with Gasteiger partial charge in [0.05, 0.1) is 18.1 Å². The summed E-state index contributed by atoms with van der Waals surface area (Å²) in [6, 6.07) is 3.74. The molecule has 21 heavy (non-hydrogen) atoms. The van der Waals surface area contributed by atoms with Crippen molar-refractivity contribution in [2.24, 2.45) is 5.92 Å². The van der Waals surface area contributed by atoms with Crippen molar-refractivity contribution in [3.8, 4) is 0 Å². The molecule has 0 aliphatic carbocycles. The average molecular weight is 290 g/mol. The lowest BCUT2D eigenvalue weighted by molar-refractivity contribution is -0.142. The Morgan fingerprint density at radius 2 is 2.24 bits per heavy atom. The van der Waals surface area contributed by atoms with E-state index in [-0.39, 0.29) is 24.0 Å². The average Bonchev–Trinajstić information content (AvgIpc) is 3.05. The van der Waals surface area contributed by atoms with E-state index in [9.17, 15) is 14.7 Å². The van der Waals surface area contributed by atoms with E-state index in [4.69, 9.17) is 4.74 Å². The summed E-state index contributed by atoms with van der Waals surface area (Å²) in [5, 5.41) is 9.27. The summed E-state index contributed by atoms with van der Waals surface area (Å²) in [4.78, 5) is 29.3. The fraction of sp³-hybridized carbons (Fsp3) is 0.533. The number of carboxylic acid groups (broad SMARTS) is 1. The molecule has 3 atom stereocenters. The van der Waals surface area contributed by atoms with Crippen LogP contribution in [0.1, 0.15) is 36.5 Å². The van der Waals surface area contributed by atoms with Crippen LogP contribution in [0.4, 0.5) is 5.82 Å². The molecule has 112 valence electrons. The quantitative estimate of drug-likeness (QED) is 0.850. The predicted octanol–water partition coefficient (Wildman–Crippen LogP) is 1.70. The molecule has 6 heteroatoms. The molecule has 1 N–H and O–H groups in total. The third kappa shape index (κ3) is 2.34. The Labute approximate surface area is 122 Å². The first kappa shape index (κ1) is 13.9. The maximum absolute atomic E-state index is 11.6. The molecule has 1 aromatic rings. The highest BCUT2D eigenvalue weighted by Crippen LogP contribution is 2.43. The number of hydrogen-bond donors (Lipinski definition) is 1. The normalized spacial score (nSPS) is 26.9. The first-order valence-corrected chi connectivity index (χ1v) is 7.26. The number of pyridine rings is 1. The zero-order valence-electron chi connectivity index (χ0n) is 11.9. The second kappa shape index (κ2) is 5.35. The van der Waals surface area contributed by atoms with Crippen molar-refractivity contribution in [3.63, 3.8) is 0 Å². The number of aromatic nitrogens is 1. The molecule has 0 amide bonds. The van der Waals surface area contributed by atoms with Crippen LogP contribution in [-0.4, -0.2) is 40.7 Å². The highest BCUT2D eigenvalue weighted by atomic mass is 16.5. The maximum Gasteiger partial charge on any atom is 0.339 e. The Kier molecular flexibility index (Phi) is 3.53. The molecule has 6 nitrogen and oxygen atoms in total. The number of esters is 1. The van der Waals surface area contributed by atoms with Crippen LogP contribution in [0.2, 0.25) is 0 Å². The number of fused-ring (bicyclic) bond motifs is 2. The van der Waals surface area contributed by atoms with Gasteiger partial charge in [-0.1, -0.05) is 0 Å². The van der Waals surface area contributed by atoms with Crippen molar-refractivity contribution < 1.29 is 19.4 Å². The summed E-state index contributed by atoms with van der Waals surface area (Å²) >= 11 is 0. The molecule has 0 saturated carbocycles. The van der Waals surface area contributed by atoms with Crippen LogP contribution in [0, 0.1) is 5.92 Å². The van der Waals surface area contributed by atoms with Gasteiger partial charge in [0.2, 0.25) is 0 Å². The molecule has 3 heterocycles. The minimum atomic E-state index is -0.727. The lowest BCUT2D eigenvalue weighted by Gasteiger charge is -2.24. The van der Waals surface area contributed by atoms with Crippen LogP contribution in [0.3, 0.4) is 0 Å². The largest absolute Gasteiger partial charge is 0.481 e. The predicted molar refractivity (Wildman–Crippen MR) is 75.2 cm³/mol. The summed E-state index contributed by atoms with van der Waals surface area (Å²) < 4.78 is 4.93. The summed E-state index contributed by atoms with van der Waals surface area (Å²) in [5.41, 5.74) is 0.418. The molecule has 0 radical (unpaired) electrons. The monoisotopic (exact) mass is 290 g/mol. The van der Waals surface area contributed by atoms with E-state index in [1.54, 1.807) is 19.1 Å². The zero-order chi connectivity index (χ0) is 15.0. The summed E-state index contributed by atoms with van der Waals surface area (Å²) in [6.45, 7) is 2.09. The van der Waals surface area contributed by atoms with Crippen molar-refractivity contribution in [2.75, 3.05) is 11.5 Å². The number of carbonyl (C=O) groups is 2. The van der Waals surface area contributed by atoms with Crippen LogP contribution in [-0.2, 0) is 9.53 Å². The Morgan fingerprint density at radius 3 is 2.81 bits per heavy atom. The summed E-state index contributed by atoms with van der Waals surface area (Å²) in [7, 11) is 0. The number of rotatable bonds is 4. The van der Waals surface area contributed by atoms with Gasteiger partial charge in [0.25, 0.3) is 0 Å². The molecule has 0 spiro atoms. The minimum absolute atomic E-state index is 0.0217. The van der Waals surface area contributed by atoms with Crippen molar-refractivity contribution in [2.45, 2.75) is 38.3 Å². The number of carboxylic acids is 1. The molecular weight excluding hydrogens is 272 g/mol. The third-order valence-electron chi connectivity index (χ3n) is 4.38. The molecule has 1 aromatic heterocycles. The number of aliphatic carboxylic acids is 1. The topological polar surface area (TPSA) is 79.7 Å². The van der Waals surface area contributed by atoms with Gasteiger partial charge in [-0.05, 0) is 38.3 Å². The van der Waals surface area contributed by atoms with Crippen LogP contribution >= 0.6 is 0 Å². The fourth-order valence-electron chi connectivity index (χ4n) is 3.49. The van der Waals surface area contributed by atoms with Crippen LogP contribution < -0.4 is 4.90 Å². The molecule has 0 aromatic carbocycles. The standard InChI is InChI=1S/C15H18N2O4/c1-2-21-15(20)9-3-6-13(16-8-9)17-10-4-5-12(17)11(7-10)14(18)19/h3,6,8,10-12H,2,4-5,7H2,1H3,(H,18,19). The minimum Gasteiger partial charge on any atom is -0.481 e. The van der Waals surface area contributed by atoms with Gasteiger partial charge >= 0.3 is 11.9 Å². The summed E-state index contributed by atoms with van der Waals surface area (Å²) in [5.74, 6) is -0.672. The molecule has 2 saturated heterocycles. The number of nitrogens with zero attached hydrogens (tertiary/aromatic N) is 2. The van der Waals surface area contributed by atoms with Gasteiger partial charge in [-0.15, -0.1) is 0 Å². The van der Waals surface area contributed by atoms with E-state index in [0.29, 0.717) is 18.6 Å². The molecule has 2 bridgehead atoms.